The van der Waals surface area contributed by atoms with Crippen molar-refractivity contribution in [3.05, 3.63) is 70.7 Å². The molecule has 4 rings (SSSR count). The molecule has 2 aromatic carbocycles. The van der Waals surface area contributed by atoms with E-state index in [9.17, 15) is 14.4 Å². The Morgan fingerprint density at radius 2 is 1.86 bits per heavy atom. The monoisotopic (exact) mass is 415 g/mol. The number of hydrogen-bond donors (Lipinski definition) is 0. The molecular formula is C21H18ClNO4S. The van der Waals surface area contributed by atoms with E-state index < -0.39 is 16.9 Å². The van der Waals surface area contributed by atoms with Crippen molar-refractivity contribution in [2.75, 3.05) is 12.4 Å². The van der Waals surface area contributed by atoms with Gasteiger partial charge in [0.1, 0.15) is 10.9 Å². The van der Waals surface area contributed by atoms with Crippen molar-refractivity contribution < 1.29 is 19.1 Å². The predicted molar refractivity (Wildman–Crippen MR) is 107 cm³/mol. The fourth-order valence-electron chi connectivity index (χ4n) is 3.77. The second kappa shape index (κ2) is 7.60. The second-order valence-electron chi connectivity index (χ2n) is 6.78. The summed E-state index contributed by atoms with van der Waals surface area (Å²) in [6, 6.07) is 15.5. The van der Waals surface area contributed by atoms with Gasteiger partial charge in [-0.05, 0) is 36.2 Å². The lowest BCUT2D eigenvalue weighted by Crippen LogP contribution is -2.47. The van der Waals surface area contributed by atoms with Gasteiger partial charge in [0, 0.05) is 22.8 Å². The Labute approximate surface area is 172 Å². The maximum Gasteiger partial charge on any atom is 0.330 e. The van der Waals surface area contributed by atoms with E-state index in [4.69, 9.17) is 16.3 Å². The van der Waals surface area contributed by atoms with Gasteiger partial charge in [0.25, 0.3) is 0 Å². The first-order valence-electron chi connectivity index (χ1n) is 8.98. The Bertz CT molecular complexity index is 918. The lowest BCUT2D eigenvalue weighted by molar-refractivity contribution is -0.152. The molecule has 0 aromatic heterocycles. The van der Waals surface area contributed by atoms with E-state index >= 15 is 0 Å². The van der Waals surface area contributed by atoms with Crippen molar-refractivity contribution in [2.45, 2.75) is 23.8 Å². The van der Waals surface area contributed by atoms with Crippen LogP contribution in [0.5, 0.6) is 0 Å². The number of hydrogen-bond acceptors (Lipinski definition) is 5. The number of fused-ring (bicyclic) bond motifs is 1. The van der Waals surface area contributed by atoms with Crippen molar-refractivity contribution in [1.29, 1.82) is 0 Å². The van der Waals surface area contributed by atoms with Crippen molar-refractivity contribution in [1.82, 2.24) is 4.90 Å². The number of ether oxygens (including phenoxy) is 1. The number of rotatable bonds is 5. The smallest absolute Gasteiger partial charge is 0.330 e. The summed E-state index contributed by atoms with van der Waals surface area (Å²) in [7, 11) is 0. The number of benzene rings is 2. The molecule has 0 spiro atoms. The van der Waals surface area contributed by atoms with Crippen LogP contribution in [0.2, 0.25) is 5.02 Å². The Hall–Kier alpha value is -2.31. The molecule has 1 amide bonds. The molecule has 2 fully saturated rings. The van der Waals surface area contributed by atoms with Crippen LogP contribution in [0.4, 0.5) is 0 Å². The number of Topliss-reactive ketones (excluding diaryl/α,β-unsaturated/α-hetero) is 1. The summed E-state index contributed by atoms with van der Waals surface area (Å²) >= 11 is 7.41. The maximum atomic E-state index is 12.7. The standard InChI is InChI=1S/C21H18ClNO4S/c22-16-8-6-14(7-9-16)18(24)12-27-20(26)17-13-28-21(11-10-19(25)23(17)21)15-4-2-1-3-5-15/h1-9,17H,10-13H2/t17-,21+/m0/s1. The third kappa shape index (κ3) is 3.31. The fraction of sp³-hybridized carbons (Fsp3) is 0.286. The molecule has 144 valence electrons. The molecule has 0 radical (unpaired) electrons. The number of carbonyl (C=O) groups excluding carboxylic acids is 3. The minimum atomic E-state index is -0.682. The van der Waals surface area contributed by atoms with E-state index in [1.165, 1.54) is 0 Å². The molecule has 5 nitrogen and oxygen atoms in total. The lowest BCUT2D eigenvalue weighted by atomic mass is 10.0. The zero-order valence-electron chi connectivity index (χ0n) is 15.0. The first kappa shape index (κ1) is 19.0. The van der Waals surface area contributed by atoms with Gasteiger partial charge in [0.05, 0.1) is 0 Å². The van der Waals surface area contributed by atoms with Crippen LogP contribution in [-0.2, 0) is 19.2 Å². The number of esters is 1. The zero-order valence-corrected chi connectivity index (χ0v) is 16.5. The number of nitrogens with zero attached hydrogens (tertiary/aromatic N) is 1. The topological polar surface area (TPSA) is 63.7 Å². The first-order chi connectivity index (χ1) is 13.5. The van der Waals surface area contributed by atoms with E-state index in [-0.39, 0.29) is 18.3 Å². The molecule has 2 aliphatic rings. The molecule has 0 aliphatic carbocycles. The van der Waals surface area contributed by atoms with E-state index in [2.05, 4.69) is 0 Å². The van der Waals surface area contributed by atoms with Crippen LogP contribution in [0.15, 0.2) is 54.6 Å². The number of ketones is 1. The van der Waals surface area contributed by atoms with Crippen LogP contribution in [0.3, 0.4) is 0 Å². The highest BCUT2D eigenvalue weighted by Crippen LogP contribution is 2.54. The lowest BCUT2D eigenvalue weighted by Gasteiger charge is -2.33. The molecule has 7 heteroatoms. The van der Waals surface area contributed by atoms with Crippen molar-refractivity contribution in [3.63, 3.8) is 0 Å². The van der Waals surface area contributed by atoms with Gasteiger partial charge in [0.2, 0.25) is 5.91 Å². The summed E-state index contributed by atoms with van der Waals surface area (Å²) in [4.78, 5) is 38.6. The van der Waals surface area contributed by atoms with Gasteiger partial charge in [-0.25, -0.2) is 4.79 Å². The van der Waals surface area contributed by atoms with E-state index in [1.807, 2.05) is 30.3 Å². The third-order valence-electron chi connectivity index (χ3n) is 5.14. The highest BCUT2D eigenvalue weighted by atomic mass is 35.5. The maximum absolute atomic E-state index is 12.7. The summed E-state index contributed by atoms with van der Waals surface area (Å²) in [5.41, 5.74) is 1.44. The minimum absolute atomic E-state index is 0.0557. The molecule has 2 saturated heterocycles. The van der Waals surface area contributed by atoms with Crippen LogP contribution in [0, 0.1) is 0 Å². The first-order valence-corrected chi connectivity index (χ1v) is 10.3. The predicted octanol–water partition coefficient (Wildman–Crippen LogP) is 3.66. The summed E-state index contributed by atoms with van der Waals surface area (Å²) in [5, 5.41) is 0.529. The molecule has 0 bridgehead atoms. The van der Waals surface area contributed by atoms with Gasteiger partial charge in [-0.1, -0.05) is 41.9 Å². The van der Waals surface area contributed by atoms with E-state index in [0.29, 0.717) is 29.2 Å². The van der Waals surface area contributed by atoms with Crippen LogP contribution in [0.1, 0.15) is 28.8 Å². The van der Waals surface area contributed by atoms with Gasteiger partial charge in [-0.15, -0.1) is 11.8 Å². The summed E-state index contributed by atoms with van der Waals surface area (Å²) < 4.78 is 5.28. The Balaban J connectivity index is 1.47. The van der Waals surface area contributed by atoms with Gasteiger partial charge in [0.15, 0.2) is 12.4 Å². The molecule has 2 aromatic rings. The average molecular weight is 416 g/mol. The van der Waals surface area contributed by atoms with Gasteiger partial charge in [-0.2, -0.15) is 0 Å². The second-order valence-corrected chi connectivity index (χ2v) is 8.51. The fourth-order valence-corrected chi connectivity index (χ4v) is 5.53. The number of carbonyl (C=O) groups is 3. The van der Waals surface area contributed by atoms with E-state index in [1.54, 1.807) is 40.9 Å². The highest BCUT2D eigenvalue weighted by Gasteiger charge is 2.57. The molecule has 0 unspecified atom stereocenters. The van der Waals surface area contributed by atoms with Crippen LogP contribution in [0.25, 0.3) is 0 Å². The molecule has 2 atom stereocenters. The number of amides is 1. The molecule has 0 saturated carbocycles. The Kier molecular flexibility index (Phi) is 5.17. The van der Waals surface area contributed by atoms with Gasteiger partial charge >= 0.3 is 5.97 Å². The average Bonchev–Trinajstić information content (AvgIpc) is 3.26. The third-order valence-corrected chi connectivity index (χ3v) is 6.98. The Morgan fingerprint density at radius 3 is 2.57 bits per heavy atom. The molecule has 0 N–H and O–H groups in total. The summed E-state index contributed by atoms with van der Waals surface area (Å²) in [6.07, 6.45) is 1.06. The number of halogens is 1. The minimum Gasteiger partial charge on any atom is -0.456 e. The molecule has 28 heavy (non-hydrogen) atoms. The zero-order chi connectivity index (χ0) is 19.7. The normalized spacial score (nSPS) is 23.5. The molecule has 2 heterocycles. The van der Waals surface area contributed by atoms with Gasteiger partial charge in [-0.3, -0.25) is 9.59 Å². The van der Waals surface area contributed by atoms with Crippen molar-refractivity contribution >= 4 is 41.0 Å². The quantitative estimate of drug-likeness (QED) is 0.551. The van der Waals surface area contributed by atoms with Gasteiger partial charge < -0.3 is 9.64 Å². The summed E-state index contributed by atoms with van der Waals surface area (Å²) in [6.45, 7) is -0.359. The molecule has 2 aliphatic heterocycles. The van der Waals surface area contributed by atoms with Crippen molar-refractivity contribution in [3.8, 4) is 0 Å². The highest BCUT2D eigenvalue weighted by molar-refractivity contribution is 8.00. The Morgan fingerprint density at radius 1 is 1.14 bits per heavy atom. The number of thioether (sulfide) groups is 1. The van der Waals surface area contributed by atoms with E-state index in [0.717, 1.165) is 5.56 Å². The van der Waals surface area contributed by atoms with Crippen LogP contribution in [-0.4, -0.2) is 41.0 Å². The van der Waals surface area contributed by atoms with Crippen LogP contribution < -0.4 is 0 Å². The molecular weight excluding hydrogens is 398 g/mol. The summed E-state index contributed by atoms with van der Waals surface area (Å²) in [5.74, 6) is -0.449. The van der Waals surface area contributed by atoms with Crippen molar-refractivity contribution in [2.24, 2.45) is 0 Å². The largest absolute Gasteiger partial charge is 0.456 e. The SMILES string of the molecule is O=C(COC(=O)[C@@H]1CS[C@@]2(c3ccccc3)CCC(=O)N12)c1ccc(Cl)cc1. The van der Waals surface area contributed by atoms with Crippen LogP contribution >= 0.6 is 23.4 Å².